The molecule has 2 atom stereocenters. The Morgan fingerprint density at radius 2 is 1.90 bits per heavy atom. The van der Waals surface area contributed by atoms with Gasteiger partial charge in [0, 0.05) is 19.1 Å². The summed E-state index contributed by atoms with van der Waals surface area (Å²) in [6, 6.07) is 0.281. The molecule has 1 saturated carbocycles. The molecule has 2 fully saturated rings. The van der Waals surface area contributed by atoms with E-state index in [9.17, 15) is 9.59 Å². The molecule has 0 aromatic rings. The lowest BCUT2D eigenvalue weighted by atomic mass is 9.78. The minimum absolute atomic E-state index is 0.0640. The Morgan fingerprint density at radius 1 is 1.20 bits per heavy atom. The summed E-state index contributed by atoms with van der Waals surface area (Å²) in [5.74, 6) is -0.293. The zero-order valence-electron chi connectivity index (χ0n) is 12.4. The first kappa shape index (κ1) is 15.1. The summed E-state index contributed by atoms with van der Waals surface area (Å²) in [5, 5.41) is 8.98. The van der Waals surface area contributed by atoms with Crippen LogP contribution in [0.3, 0.4) is 0 Å². The van der Waals surface area contributed by atoms with Crippen molar-refractivity contribution >= 4 is 12.0 Å². The number of carboxylic acids is 1. The lowest BCUT2D eigenvalue weighted by Crippen LogP contribution is -2.55. The van der Waals surface area contributed by atoms with E-state index in [1.807, 2.05) is 11.8 Å². The number of carboxylic acid groups (broad SMARTS) is 1. The van der Waals surface area contributed by atoms with Crippen LogP contribution in [0.5, 0.6) is 0 Å². The van der Waals surface area contributed by atoms with Crippen LogP contribution >= 0.6 is 0 Å². The highest BCUT2D eigenvalue weighted by Crippen LogP contribution is 2.35. The van der Waals surface area contributed by atoms with E-state index in [1.165, 1.54) is 30.6 Å². The molecule has 2 aliphatic rings. The van der Waals surface area contributed by atoms with Crippen molar-refractivity contribution in [2.45, 2.75) is 57.9 Å². The van der Waals surface area contributed by atoms with Crippen molar-refractivity contribution in [3.63, 3.8) is 0 Å². The molecule has 0 aromatic heterocycles. The Morgan fingerprint density at radius 3 is 2.60 bits per heavy atom. The first-order valence-corrected chi connectivity index (χ1v) is 7.90. The number of piperidine rings is 1. The van der Waals surface area contributed by atoms with Gasteiger partial charge in [-0.3, -0.25) is 4.79 Å². The summed E-state index contributed by atoms with van der Waals surface area (Å²) in [5.41, 5.74) is 0. The number of likely N-dealkylation sites (tertiary alicyclic amines) is 1. The van der Waals surface area contributed by atoms with E-state index in [0.717, 1.165) is 25.8 Å². The first-order chi connectivity index (χ1) is 9.63. The molecule has 2 rings (SSSR count). The van der Waals surface area contributed by atoms with E-state index in [2.05, 4.69) is 0 Å². The van der Waals surface area contributed by atoms with Gasteiger partial charge in [0.15, 0.2) is 0 Å². The van der Waals surface area contributed by atoms with E-state index >= 15 is 0 Å². The van der Waals surface area contributed by atoms with Gasteiger partial charge in [-0.05, 0) is 38.0 Å². The Kier molecular flexibility index (Phi) is 5.26. The maximum atomic E-state index is 12.7. The lowest BCUT2D eigenvalue weighted by molar-refractivity contribution is -0.137. The minimum atomic E-state index is -0.927. The smallest absolute Gasteiger partial charge is 0.323 e. The van der Waals surface area contributed by atoms with Crippen LogP contribution in [0, 0.1) is 5.92 Å². The fraction of sp³-hybridized carbons (Fsp3) is 0.867. The van der Waals surface area contributed by atoms with E-state index in [4.69, 9.17) is 5.11 Å². The van der Waals surface area contributed by atoms with Crippen molar-refractivity contribution in [1.82, 2.24) is 9.80 Å². The third-order valence-corrected chi connectivity index (χ3v) is 4.58. The monoisotopic (exact) mass is 282 g/mol. The van der Waals surface area contributed by atoms with Crippen molar-refractivity contribution in [3.05, 3.63) is 0 Å². The standard InChI is InChI=1S/C15H26N2O3/c1-2-9-16(11-14(18)19)15(20)17-10-5-7-12-6-3-4-8-13(12)17/h12-13H,2-11H2,1H3,(H,18,19). The summed E-state index contributed by atoms with van der Waals surface area (Å²) < 4.78 is 0. The summed E-state index contributed by atoms with van der Waals surface area (Å²) in [4.78, 5) is 27.1. The summed E-state index contributed by atoms with van der Waals surface area (Å²) in [6.07, 6.45) is 7.85. The van der Waals surface area contributed by atoms with Gasteiger partial charge in [0.05, 0.1) is 0 Å². The Balaban J connectivity index is 2.06. The SMILES string of the molecule is CCCN(CC(=O)O)C(=O)N1CCCC2CCCCC21. The summed E-state index contributed by atoms with van der Waals surface area (Å²) in [7, 11) is 0. The van der Waals surface area contributed by atoms with E-state index in [-0.39, 0.29) is 12.6 Å². The third-order valence-electron chi connectivity index (χ3n) is 4.58. The van der Waals surface area contributed by atoms with E-state index in [1.54, 1.807) is 0 Å². The fourth-order valence-corrected chi connectivity index (χ4v) is 3.72. The molecule has 2 unspecified atom stereocenters. The molecule has 1 aliphatic heterocycles. The molecule has 2 amide bonds. The Hall–Kier alpha value is -1.26. The lowest BCUT2D eigenvalue weighted by Gasteiger charge is -2.45. The van der Waals surface area contributed by atoms with Gasteiger partial charge < -0.3 is 14.9 Å². The molecule has 1 saturated heterocycles. The highest BCUT2D eigenvalue weighted by Gasteiger charge is 2.37. The van der Waals surface area contributed by atoms with Crippen LogP contribution in [-0.4, -0.2) is 52.6 Å². The van der Waals surface area contributed by atoms with Crippen molar-refractivity contribution < 1.29 is 14.7 Å². The minimum Gasteiger partial charge on any atom is -0.480 e. The number of hydrogen-bond donors (Lipinski definition) is 1. The first-order valence-electron chi connectivity index (χ1n) is 7.90. The number of nitrogens with zero attached hydrogens (tertiary/aromatic N) is 2. The van der Waals surface area contributed by atoms with E-state index in [0.29, 0.717) is 18.5 Å². The van der Waals surface area contributed by atoms with Crippen molar-refractivity contribution in [2.75, 3.05) is 19.6 Å². The molecule has 114 valence electrons. The van der Waals surface area contributed by atoms with Gasteiger partial charge in [0.1, 0.15) is 6.54 Å². The van der Waals surface area contributed by atoms with Gasteiger partial charge in [-0.1, -0.05) is 19.8 Å². The second kappa shape index (κ2) is 6.95. The zero-order chi connectivity index (χ0) is 14.5. The predicted molar refractivity (Wildman–Crippen MR) is 76.6 cm³/mol. The maximum absolute atomic E-state index is 12.7. The number of aliphatic carboxylic acids is 1. The molecule has 0 spiro atoms. The molecule has 0 aromatic carbocycles. The van der Waals surface area contributed by atoms with Crippen LogP contribution in [0.4, 0.5) is 4.79 Å². The third kappa shape index (κ3) is 3.44. The molecule has 5 nitrogen and oxygen atoms in total. The van der Waals surface area contributed by atoms with Crippen molar-refractivity contribution in [2.24, 2.45) is 5.92 Å². The fourth-order valence-electron chi connectivity index (χ4n) is 3.72. The van der Waals surface area contributed by atoms with Crippen LogP contribution in [0.25, 0.3) is 0 Å². The van der Waals surface area contributed by atoms with Gasteiger partial charge in [0.2, 0.25) is 0 Å². The molecule has 1 aliphatic carbocycles. The molecule has 0 radical (unpaired) electrons. The number of amides is 2. The van der Waals surface area contributed by atoms with Gasteiger partial charge in [0.25, 0.3) is 0 Å². The Labute approximate surface area is 120 Å². The summed E-state index contributed by atoms with van der Waals surface area (Å²) in [6.45, 7) is 3.11. The van der Waals surface area contributed by atoms with E-state index < -0.39 is 5.97 Å². The quantitative estimate of drug-likeness (QED) is 0.862. The predicted octanol–water partition coefficient (Wildman–Crippen LogP) is 2.56. The maximum Gasteiger partial charge on any atom is 0.323 e. The molecule has 0 bridgehead atoms. The number of rotatable bonds is 4. The second-order valence-corrected chi connectivity index (χ2v) is 6.05. The number of carbonyl (C=O) groups is 2. The summed E-state index contributed by atoms with van der Waals surface area (Å²) >= 11 is 0. The zero-order valence-corrected chi connectivity index (χ0v) is 12.4. The highest BCUT2D eigenvalue weighted by atomic mass is 16.4. The molecule has 1 heterocycles. The number of hydrogen-bond acceptors (Lipinski definition) is 2. The Bertz CT molecular complexity index is 357. The molecular weight excluding hydrogens is 256 g/mol. The van der Waals surface area contributed by atoms with Gasteiger partial charge in [-0.2, -0.15) is 0 Å². The van der Waals surface area contributed by atoms with Crippen molar-refractivity contribution in [1.29, 1.82) is 0 Å². The number of urea groups is 1. The average Bonchev–Trinajstić information content (AvgIpc) is 2.45. The second-order valence-electron chi connectivity index (χ2n) is 6.05. The number of carbonyl (C=O) groups excluding carboxylic acids is 1. The number of fused-ring (bicyclic) bond motifs is 1. The van der Waals surface area contributed by atoms with Crippen LogP contribution < -0.4 is 0 Å². The molecular formula is C15H26N2O3. The van der Waals surface area contributed by atoms with Crippen LogP contribution in [0.1, 0.15) is 51.9 Å². The molecule has 5 heteroatoms. The molecule has 1 N–H and O–H groups in total. The van der Waals surface area contributed by atoms with Gasteiger partial charge >= 0.3 is 12.0 Å². The highest BCUT2D eigenvalue weighted by molar-refractivity contribution is 5.80. The molecule has 20 heavy (non-hydrogen) atoms. The topological polar surface area (TPSA) is 60.9 Å². The van der Waals surface area contributed by atoms with Gasteiger partial charge in [-0.15, -0.1) is 0 Å². The largest absolute Gasteiger partial charge is 0.480 e. The van der Waals surface area contributed by atoms with Crippen LogP contribution in [-0.2, 0) is 4.79 Å². The van der Waals surface area contributed by atoms with Gasteiger partial charge in [-0.25, -0.2) is 4.79 Å². The normalized spacial score (nSPS) is 25.9. The average molecular weight is 282 g/mol. The van der Waals surface area contributed by atoms with Crippen LogP contribution in [0.15, 0.2) is 0 Å². The van der Waals surface area contributed by atoms with Crippen molar-refractivity contribution in [3.8, 4) is 0 Å². The van der Waals surface area contributed by atoms with Crippen LogP contribution in [0.2, 0.25) is 0 Å².